The summed E-state index contributed by atoms with van der Waals surface area (Å²) in [5, 5.41) is 2.70. The van der Waals surface area contributed by atoms with Crippen molar-refractivity contribution in [1.82, 2.24) is 10.0 Å². The van der Waals surface area contributed by atoms with Crippen molar-refractivity contribution in [1.29, 1.82) is 0 Å². The molecule has 0 unspecified atom stereocenters. The average Bonchev–Trinajstić information content (AvgIpc) is 2.65. The van der Waals surface area contributed by atoms with Gasteiger partial charge in [0.1, 0.15) is 6.61 Å². The third kappa shape index (κ3) is 5.21. The highest BCUT2D eigenvalue weighted by Gasteiger charge is 2.15. The molecule has 0 atom stereocenters. The summed E-state index contributed by atoms with van der Waals surface area (Å²) < 4.78 is 37.2. The molecule has 0 saturated carbocycles. The fraction of sp³-hybridized carbons (Fsp3) is 0.278. The third-order valence-electron chi connectivity index (χ3n) is 3.46. The van der Waals surface area contributed by atoms with Gasteiger partial charge in [-0.25, -0.2) is 13.1 Å². The molecular weight excluding hydrogens is 356 g/mol. The molecule has 140 valence electrons. The number of amides is 1. The van der Waals surface area contributed by atoms with Gasteiger partial charge in [-0.2, -0.15) is 0 Å². The molecule has 0 radical (unpaired) electrons. The number of nitrogens with one attached hydrogen (secondary N) is 2. The van der Waals surface area contributed by atoms with Crippen molar-refractivity contribution in [3.05, 3.63) is 54.1 Å². The van der Waals surface area contributed by atoms with Crippen molar-refractivity contribution < 1.29 is 22.7 Å². The molecule has 0 aliphatic heterocycles. The zero-order valence-electron chi connectivity index (χ0n) is 14.7. The van der Waals surface area contributed by atoms with Crippen LogP contribution >= 0.6 is 0 Å². The Morgan fingerprint density at radius 2 is 1.81 bits per heavy atom. The SMILES string of the molecule is CCNS(=O)(=O)c1cccc(C(=O)NCCOc2ccccc2OC)c1. The molecule has 0 heterocycles. The van der Waals surface area contributed by atoms with Crippen molar-refractivity contribution in [3.8, 4) is 11.5 Å². The molecule has 1 amide bonds. The largest absolute Gasteiger partial charge is 0.493 e. The molecule has 0 aliphatic carbocycles. The minimum absolute atomic E-state index is 0.0530. The van der Waals surface area contributed by atoms with Crippen LogP contribution in [0.1, 0.15) is 17.3 Å². The van der Waals surface area contributed by atoms with Crippen LogP contribution in [0.4, 0.5) is 0 Å². The van der Waals surface area contributed by atoms with Gasteiger partial charge in [-0.15, -0.1) is 0 Å². The van der Waals surface area contributed by atoms with Gasteiger partial charge in [-0.1, -0.05) is 25.1 Å². The van der Waals surface area contributed by atoms with Crippen LogP contribution in [0.15, 0.2) is 53.4 Å². The fourth-order valence-corrected chi connectivity index (χ4v) is 3.33. The normalized spacial score (nSPS) is 11.0. The molecule has 0 saturated heterocycles. The monoisotopic (exact) mass is 378 g/mol. The van der Waals surface area contributed by atoms with Gasteiger partial charge >= 0.3 is 0 Å². The highest BCUT2D eigenvalue weighted by atomic mass is 32.2. The van der Waals surface area contributed by atoms with Crippen molar-refractivity contribution in [2.75, 3.05) is 26.8 Å². The van der Waals surface area contributed by atoms with E-state index in [-0.39, 0.29) is 36.1 Å². The Bertz CT molecular complexity index is 852. The quantitative estimate of drug-likeness (QED) is 0.649. The first-order valence-electron chi connectivity index (χ1n) is 8.11. The highest BCUT2D eigenvalue weighted by Crippen LogP contribution is 2.25. The molecule has 0 fully saturated rings. The zero-order chi connectivity index (χ0) is 19.0. The predicted molar refractivity (Wildman–Crippen MR) is 98.1 cm³/mol. The number of hydrogen-bond acceptors (Lipinski definition) is 5. The first-order chi connectivity index (χ1) is 12.5. The Labute approximate surface area is 153 Å². The minimum atomic E-state index is -3.60. The molecule has 0 aliphatic rings. The highest BCUT2D eigenvalue weighted by molar-refractivity contribution is 7.89. The van der Waals surface area contributed by atoms with E-state index >= 15 is 0 Å². The number of ether oxygens (including phenoxy) is 2. The van der Waals surface area contributed by atoms with Crippen molar-refractivity contribution in [2.24, 2.45) is 0 Å². The summed E-state index contributed by atoms with van der Waals surface area (Å²) in [4.78, 5) is 12.3. The number of methoxy groups -OCH3 is 1. The van der Waals surface area contributed by atoms with Crippen LogP contribution in [0, 0.1) is 0 Å². The number of para-hydroxylation sites is 2. The van der Waals surface area contributed by atoms with Gasteiger partial charge in [0, 0.05) is 12.1 Å². The predicted octanol–water partition coefficient (Wildman–Crippen LogP) is 1.80. The molecule has 0 aromatic heterocycles. The lowest BCUT2D eigenvalue weighted by Gasteiger charge is -2.11. The molecule has 0 bridgehead atoms. The van der Waals surface area contributed by atoms with Gasteiger partial charge in [0.05, 0.1) is 18.6 Å². The first kappa shape index (κ1) is 19.7. The Balaban J connectivity index is 1.92. The Morgan fingerprint density at radius 1 is 1.08 bits per heavy atom. The third-order valence-corrected chi connectivity index (χ3v) is 5.00. The van der Waals surface area contributed by atoms with E-state index in [1.807, 2.05) is 12.1 Å². The van der Waals surface area contributed by atoms with Crippen molar-refractivity contribution in [2.45, 2.75) is 11.8 Å². The Kier molecular flexibility index (Phi) is 6.99. The zero-order valence-corrected chi connectivity index (χ0v) is 15.5. The number of carbonyl (C=O) groups excluding carboxylic acids is 1. The molecular formula is C18H22N2O5S. The van der Waals surface area contributed by atoms with Crippen LogP contribution in [-0.4, -0.2) is 41.1 Å². The van der Waals surface area contributed by atoms with Gasteiger partial charge < -0.3 is 14.8 Å². The van der Waals surface area contributed by atoms with Crippen LogP contribution in [0.3, 0.4) is 0 Å². The van der Waals surface area contributed by atoms with E-state index < -0.39 is 10.0 Å². The summed E-state index contributed by atoms with van der Waals surface area (Å²) >= 11 is 0. The van der Waals surface area contributed by atoms with E-state index in [0.29, 0.717) is 11.5 Å². The van der Waals surface area contributed by atoms with E-state index in [0.717, 1.165) is 0 Å². The van der Waals surface area contributed by atoms with Crippen LogP contribution < -0.4 is 19.5 Å². The number of sulfonamides is 1. The van der Waals surface area contributed by atoms with Gasteiger partial charge in [0.25, 0.3) is 5.91 Å². The van der Waals surface area contributed by atoms with E-state index in [4.69, 9.17) is 9.47 Å². The summed E-state index contributed by atoms with van der Waals surface area (Å²) in [6.45, 7) is 2.48. The Hall–Kier alpha value is -2.58. The maximum atomic E-state index is 12.2. The molecule has 0 spiro atoms. The number of hydrogen-bond donors (Lipinski definition) is 2. The molecule has 2 N–H and O–H groups in total. The minimum Gasteiger partial charge on any atom is -0.493 e. The number of rotatable bonds is 9. The number of carbonyl (C=O) groups is 1. The average molecular weight is 378 g/mol. The lowest BCUT2D eigenvalue weighted by Crippen LogP contribution is -2.28. The maximum absolute atomic E-state index is 12.2. The Morgan fingerprint density at radius 3 is 2.50 bits per heavy atom. The lowest BCUT2D eigenvalue weighted by atomic mass is 10.2. The summed E-state index contributed by atoms with van der Waals surface area (Å²) in [5.74, 6) is 0.824. The van der Waals surface area contributed by atoms with E-state index in [1.165, 1.54) is 18.2 Å². The molecule has 7 nitrogen and oxygen atoms in total. The van der Waals surface area contributed by atoms with Gasteiger partial charge in [0.15, 0.2) is 11.5 Å². The second-order valence-electron chi connectivity index (χ2n) is 5.28. The molecule has 2 aromatic rings. The van der Waals surface area contributed by atoms with E-state index in [2.05, 4.69) is 10.0 Å². The second kappa shape index (κ2) is 9.21. The van der Waals surface area contributed by atoms with E-state index in [1.54, 1.807) is 32.2 Å². The maximum Gasteiger partial charge on any atom is 0.251 e. The molecule has 2 aromatic carbocycles. The van der Waals surface area contributed by atoms with Crippen LogP contribution in [0.5, 0.6) is 11.5 Å². The smallest absolute Gasteiger partial charge is 0.251 e. The summed E-state index contributed by atoms with van der Waals surface area (Å²) in [6, 6.07) is 13.1. The molecule has 2 rings (SSSR count). The molecule has 26 heavy (non-hydrogen) atoms. The van der Waals surface area contributed by atoms with Crippen LogP contribution in [0.25, 0.3) is 0 Å². The lowest BCUT2D eigenvalue weighted by molar-refractivity contribution is 0.0946. The van der Waals surface area contributed by atoms with Gasteiger partial charge in [-0.05, 0) is 30.3 Å². The second-order valence-corrected chi connectivity index (χ2v) is 7.05. The van der Waals surface area contributed by atoms with Crippen LogP contribution in [0.2, 0.25) is 0 Å². The topological polar surface area (TPSA) is 93.7 Å². The van der Waals surface area contributed by atoms with E-state index in [9.17, 15) is 13.2 Å². The summed E-state index contributed by atoms with van der Waals surface area (Å²) in [6.07, 6.45) is 0. The molecule has 8 heteroatoms. The van der Waals surface area contributed by atoms with Crippen molar-refractivity contribution >= 4 is 15.9 Å². The summed E-state index contributed by atoms with van der Waals surface area (Å²) in [5.41, 5.74) is 0.265. The van der Waals surface area contributed by atoms with Crippen molar-refractivity contribution in [3.63, 3.8) is 0 Å². The van der Waals surface area contributed by atoms with Crippen LogP contribution in [-0.2, 0) is 10.0 Å². The first-order valence-corrected chi connectivity index (χ1v) is 9.60. The number of benzene rings is 2. The standard InChI is InChI=1S/C18H22N2O5S/c1-3-20-26(22,23)15-8-6-7-14(13-15)18(21)19-11-12-25-17-10-5-4-9-16(17)24-2/h4-10,13,20H,3,11-12H2,1-2H3,(H,19,21). The summed E-state index contributed by atoms with van der Waals surface area (Å²) in [7, 11) is -2.05. The van der Waals surface area contributed by atoms with Gasteiger partial charge in [-0.3, -0.25) is 4.79 Å². The fourth-order valence-electron chi connectivity index (χ4n) is 2.24. The van der Waals surface area contributed by atoms with Gasteiger partial charge in [0.2, 0.25) is 10.0 Å².